The van der Waals surface area contributed by atoms with Crippen molar-refractivity contribution >= 4 is 17.3 Å². The van der Waals surface area contributed by atoms with E-state index in [1.807, 2.05) is 0 Å². The van der Waals surface area contributed by atoms with E-state index in [9.17, 15) is 9.50 Å². The summed E-state index contributed by atoms with van der Waals surface area (Å²) in [6.07, 6.45) is 3.73. The number of benzene rings is 1. The number of nitrogens with one attached hydrogen (secondary N) is 1. The molecule has 0 aromatic heterocycles. The summed E-state index contributed by atoms with van der Waals surface area (Å²) in [5, 5.41) is 13.5. The molecule has 0 unspecified atom stereocenters. The van der Waals surface area contributed by atoms with Gasteiger partial charge in [0.1, 0.15) is 5.82 Å². The molecule has 0 spiro atoms. The Hall–Kier alpha value is -0.800. The van der Waals surface area contributed by atoms with Crippen molar-refractivity contribution in [2.75, 3.05) is 11.9 Å². The van der Waals surface area contributed by atoms with E-state index in [1.165, 1.54) is 12.1 Å². The minimum absolute atomic E-state index is 0.362. The Bertz CT molecular complexity index is 357. The predicted octanol–water partition coefficient (Wildman–Crippen LogP) is 3.20. The van der Waals surface area contributed by atoms with Gasteiger partial charge in [0.25, 0.3) is 0 Å². The number of rotatable bonds is 3. The first kappa shape index (κ1) is 11.7. The lowest BCUT2D eigenvalue weighted by molar-refractivity contribution is 0.0614. The molecule has 1 aliphatic rings. The Labute approximate surface area is 99.4 Å². The molecule has 1 saturated carbocycles. The maximum absolute atomic E-state index is 13.0. The molecule has 16 heavy (non-hydrogen) atoms. The third kappa shape index (κ3) is 2.86. The topological polar surface area (TPSA) is 32.3 Å². The second kappa shape index (κ2) is 4.60. The predicted molar refractivity (Wildman–Crippen MR) is 63.3 cm³/mol. The van der Waals surface area contributed by atoms with Gasteiger partial charge in [-0.15, -0.1) is 0 Å². The van der Waals surface area contributed by atoms with Crippen LogP contribution in [0.15, 0.2) is 18.2 Å². The van der Waals surface area contributed by atoms with Crippen molar-refractivity contribution in [1.82, 2.24) is 0 Å². The number of hydrogen-bond acceptors (Lipinski definition) is 2. The third-order valence-electron chi connectivity index (χ3n) is 3.02. The third-order valence-corrected chi connectivity index (χ3v) is 3.24. The van der Waals surface area contributed by atoms with Gasteiger partial charge in [0.15, 0.2) is 0 Å². The van der Waals surface area contributed by atoms with Crippen LogP contribution in [0.1, 0.15) is 25.7 Å². The van der Waals surface area contributed by atoms with Gasteiger partial charge >= 0.3 is 0 Å². The molecule has 4 heteroatoms. The monoisotopic (exact) mass is 243 g/mol. The van der Waals surface area contributed by atoms with E-state index in [-0.39, 0.29) is 5.82 Å². The summed E-state index contributed by atoms with van der Waals surface area (Å²) in [4.78, 5) is 0. The van der Waals surface area contributed by atoms with E-state index < -0.39 is 5.60 Å². The first-order valence-electron chi connectivity index (χ1n) is 5.50. The average Bonchev–Trinajstić information content (AvgIpc) is 2.62. The largest absolute Gasteiger partial charge is 0.388 e. The van der Waals surface area contributed by atoms with Gasteiger partial charge in [0, 0.05) is 17.3 Å². The summed E-state index contributed by atoms with van der Waals surface area (Å²) in [6, 6.07) is 4.30. The van der Waals surface area contributed by atoms with Crippen LogP contribution in [0.2, 0.25) is 5.02 Å². The molecule has 0 amide bonds. The van der Waals surface area contributed by atoms with Gasteiger partial charge in [0.2, 0.25) is 0 Å². The van der Waals surface area contributed by atoms with Gasteiger partial charge in [-0.25, -0.2) is 4.39 Å². The van der Waals surface area contributed by atoms with Crippen LogP contribution in [0.5, 0.6) is 0 Å². The Morgan fingerprint density at radius 2 is 2.00 bits per heavy atom. The SMILES string of the molecule is OC1(CNc2cc(F)cc(Cl)c2)CCCC1. The molecule has 2 nitrogen and oxygen atoms in total. The van der Waals surface area contributed by atoms with E-state index in [0.29, 0.717) is 17.3 Å². The number of halogens is 2. The summed E-state index contributed by atoms with van der Waals surface area (Å²) >= 11 is 5.74. The molecule has 2 rings (SSSR count). The highest BCUT2D eigenvalue weighted by Crippen LogP contribution is 2.30. The molecule has 0 bridgehead atoms. The van der Waals surface area contributed by atoms with Gasteiger partial charge in [-0.3, -0.25) is 0 Å². The van der Waals surface area contributed by atoms with Crippen molar-refractivity contribution in [3.05, 3.63) is 29.0 Å². The van der Waals surface area contributed by atoms with Crippen LogP contribution in [-0.2, 0) is 0 Å². The lowest BCUT2D eigenvalue weighted by atomic mass is 10.0. The molecular formula is C12H15ClFNO. The second-order valence-electron chi connectivity index (χ2n) is 4.44. The standard InChI is InChI=1S/C12H15ClFNO/c13-9-5-10(14)7-11(6-9)15-8-12(16)3-1-2-4-12/h5-7,15-16H,1-4,8H2. The molecular weight excluding hydrogens is 229 g/mol. The van der Waals surface area contributed by atoms with Crippen molar-refractivity contribution in [2.24, 2.45) is 0 Å². The zero-order chi connectivity index (χ0) is 11.6. The second-order valence-corrected chi connectivity index (χ2v) is 4.88. The number of aliphatic hydroxyl groups is 1. The lowest BCUT2D eigenvalue weighted by Gasteiger charge is -2.23. The van der Waals surface area contributed by atoms with E-state index in [2.05, 4.69) is 5.32 Å². The van der Waals surface area contributed by atoms with Crippen LogP contribution < -0.4 is 5.32 Å². The molecule has 2 N–H and O–H groups in total. The van der Waals surface area contributed by atoms with Crippen LogP contribution in [0.25, 0.3) is 0 Å². The smallest absolute Gasteiger partial charge is 0.126 e. The molecule has 1 aliphatic carbocycles. The van der Waals surface area contributed by atoms with Crippen molar-refractivity contribution in [3.63, 3.8) is 0 Å². The zero-order valence-corrected chi connectivity index (χ0v) is 9.73. The van der Waals surface area contributed by atoms with Gasteiger partial charge in [-0.05, 0) is 31.0 Å². The van der Waals surface area contributed by atoms with Crippen molar-refractivity contribution in [1.29, 1.82) is 0 Å². The maximum atomic E-state index is 13.0. The first-order valence-corrected chi connectivity index (χ1v) is 5.88. The Balaban J connectivity index is 1.98. The van der Waals surface area contributed by atoms with Crippen molar-refractivity contribution in [2.45, 2.75) is 31.3 Å². The lowest BCUT2D eigenvalue weighted by Crippen LogP contribution is -2.33. The fraction of sp³-hybridized carbons (Fsp3) is 0.500. The molecule has 1 aromatic carbocycles. The molecule has 1 aromatic rings. The summed E-state index contributed by atoms with van der Waals surface area (Å²) < 4.78 is 13.0. The van der Waals surface area contributed by atoms with Crippen LogP contribution in [0.4, 0.5) is 10.1 Å². The Kier molecular flexibility index (Phi) is 3.36. The summed E-state index contributed by atoms with van der Waals surface area (Å²) in [7, 11) is 0. The number of anilines is 1. The minimum Gasteiger partial charge on any atom is -0.388 e. The highest BCUT2D eigenvalue weighted by Gasteiger charge is 2.30. The van der Waals surface area contributed by atoms with Gasteiger partial charge < -0.3 is 10.4 Å². The van der Waals surface area contributed by atoms with E-state index in [1.54, 1.807) is 6.07 Å². The van der Waals surface area contributed by atoms with E-state index >= 15 is 0 Å². The number of hydrogen-bond donors (Lipinski definition) is 2. The minimum atomic E-state index is -0.640. The summed E-state index contributed by atoms with van der Waals surface area (Å²) in [6.45, 7) is 0.451. The van der Waals surface area contributed by atoms with Crippen LogP contribution in [0, 0.1) is 5.82 Å². The quantitative estimate of drug-likeness (QED) is 0.855. The summed E-state index contributed by atoms with van der Waals surface area (Å²) in [5.74, 6) is -0.367. The molecule has 0 atom stereocenters. The average molecular weight is 244 g/mol. The summed E-state index contributed by atoms with van der Waals surface area (Å²) in [5.41, 5.74) is -0.0240. The molecule has 88 valence electrons. The molecule has 1 fully saturated rings. The Morgan fingerprint density at radius 1 is 1.31 bits per heavy atom. The van der Waals surface area contributed by atoms with Crippen LogP contribution in [-0.4, -0.2) is 17.3 Å². The van der Waals surface area contributed by atoms with Gasteiger partial charge in [0.05, 0.1) is 5.60 Å². The van der Waals surface area contributed by atoms with Crippen LogP contribution in [0.3, 0.4) is 0 Å². The first-order chi connectivity index (χ1) is 7.57. The van der Waals surface area contributed by atoms with Crippen LogP contribution >= 0.6 is 11.6 Å². The molecule has 0 heterocycles. The normalized spacial score (nSPS) is 18.7. The van der Waals surface area contributed by atoms with E-state index in [0.717, 1.165) is 25.7 Å². The highest BCUT2D eigenvalue weighted by atomic mass is 35.5. The van der Waals surface area contributed by atoms with Gasteiger partial charge in [-0.2, -0.15) is 0 Å². The fourth-order valence-corrected chi connectivity index (χ4v) is 2.35. The van der Waals surface area contributed by atoms with E-state index in [4.69, 9.17) is 11.6 Å². The zero-order valence-electron chi connectivity index (χ0n) is 8.97. The highest BCUT2D eigenvalue weighted by molar-refractivity contribution is 6.30. The van der Waals surface area contributed by atoms with Crippen molar-refractivity contribution in [3.8, 4) is 0 Å². The molecule has 0 radical (unpaired) electrons. The molecule has 0 saturated heterocycles. The fourth-order valence-electron chi connectivity index (χ4n) is 2.13. The maximum Gasteiger partial charge on any atom is 0.126 e. The molecule has 0 aliphatic heterocycles. The Morgan fingerprint density at radius 3 is 2.62 bits per heavy atom. The van der Waals surface area contributed by atoms with Crippen molar-refractivity contribution < 1.29 is 9.50 Å². The van der Waals surface area contributed by atoms with Gasteiger partial charge in [-0.1, -0.05) is 24.4 Å².